The van der Waals surface area contributed by atoms with Gasteiger partial charge in [0.2, 0.25) is 17.2 Å². The van der Waals surface area contributed by atoms with E-state index in [1.54, 1.807) is 29.3 Å². The minimum Gasteiger partial charge on any atom is -0.507 e. The quantitative estimate of drug-likeness (QED) is 0.228. The van der Waals surface area contributed by atoms with Crippen molar-refractivity contribution in [2.45, 2.75) is 69.6 Å². The van der Waals surface area contributed by atoms with Crippen LogP contribution in [0.5, 0.6) is 11.6 Å². The number of rotatable bonds is 8. The zero-order chi connectivity index (χ0) is 35.5. The molecule has 2 bridgehead atoms. The zero-order valence-corrected chi connectivity index (χ0v) is 29.2. The van der Waals surface area contributed by atoms with Crippen LogP contribution in [0, 0.1) is 0 Å². The Morgan fingerprint density at radius 2 is 1.82 bits per heavy atom. The van der Waals surface area contributed by atoms with Crippen LogP contribution in [-0.2, 0) is 17.8 Å². The summed E-state index contributed by atoms with van der Waals surface area (Å²) in [6.45, 7) is 3.15. The van der Waals surface area contributed by atoms with Crippen LogP contribution in [0.1, 0.15) is 61.5 Å². The number of fused-ring (bicyclic) bond motifs is 5. The first kappa shape index (κ1) is 33.1. The van der Waals surface area contributed by atoms with E-state index in [1.807, 2.05) is 16.4 Å². The van der Waals surface area contributed by atoms with Gasteiger partial charge in [-0.25, -0.2) is 19.3 Å². The van der Waals surface area contributed by atoms with Gasteiger partial charge in [-0.05, 0) is 63.1 Å². The van der Waals surface area contributed by atoms with Crippen LogP contribution in [0.4, 0.5) is 10.1 Å². The molecule has 15 heteroatoms. The number of hydrogen-bond acceptors (Lipinski definition) is 11. The van der Waals surface area contributed by atoms with Gasteiger partial charge in [0.1, 0.15) is 44.4 Å². The van der Waals surface area contributed by atoms with Crippen LogP contribution in [0.2, 0.25) is 0 Å². The summed E-state index contributed by atoms with van der Waals surface area (Å²) in [6, 6.07) is 6.57. The van der Waals surface area contributed by atoms with Gasteiger partial charge in [-0.15, -0.1) is 11.3 Å². The highest BCUT2D eigenvalue weighted by Crippen LogP contribution is 2.49. The van der Waals surface area contributed by atoms with Crippen LogP contribution in [0.25, 0.3) is 32.0 Å². The molecule has 5 heterocycles. The second kappa shape index (κ2) is 12.6. The number of nitrogens with zero attached hydrogens (tertiary/aromatic N) is 6. The molecular weight excluding hydrogens is 678 g/mol. The molecule has 3 aliphatic carbocycles. The molecule has 2 N–H and O–H groups in total. The molecule has 0 spiro atoms. The van der Waals surface area contributed by atoms with Crippen molar-refractivity contribution in [3.63, 3.8) is 0 Å². The maximum atomic E-state index is 14.9. The smallest absolute Gasteiger partial charge is 0.261 e. The summed E-state index contributed by atoms with van der Waals surface area (Å²) in [5, 5.41) is 14.4. The molecule has 1 saturated heterocycles. The van der Waals surface area contributed by atoms with Gasteiger partial charge in [-0.1, -0.05) is 6.92 Å². The number of aromatic hydroxyl groups is 1. The lowest BCUT2D eigenvalue weighted by Crippen LogP contribution is -2.58. The number of phenols is 1. The third kappa shape index (κ3) is 5.76. The summed E-state index contributed by atoms with van der Waals surface area (Å²) < 4.78 is 28.0. The largest absolute Gasteiger partial charge is 0.507 e. The number of piperazine rings is 1. The van der Waals surface area contributed by atoms with E-state index in [2.05, 4.69) is 15.3 Å². The van der Waals surface area contributed by atoms with Crippen molar-refractivity contribution in [3.05, 3.63) is 58.3 Å². The third-order valence-electron chi connectivity index (χ3n) is 10.8. The first-order valence-corrected chi connectivity index (χ1v) is 18.1. The molecule has 4 fully saturated rings. The molecular formula is C36H38FN7O6S. The Labute approximate surface area is 296 Å². The van der Waals surface area contributed by atoms with E-state index in [0.29, 0.717) is 96.2 Å². The maximum absolute atomic E-state index is 14.9. The molecule has 3 saturated carbocycles. The minimum absolute atomic E-state index is 0.0556. The molecule has 1 aromatic carbocycles. The van der Waals surface area contributed by atoms with Gasteiger partial charge in [-0.3, -0.25) is 14.4 Å². The molecule has 13 nitrogen and oxygen atoms in total. The third-order valence-corrected chi connectivity index (χ3v) is 11.9. The number of aromatic nitrogens is 4. The van der Waals surface area contributed by atoms with Crippen molar-refractivity contribution in [2.24, 2.45) is 0 Å². The number of anilines is 1. The maximum Gasteiger partial charge on any atom is 0.261 e. The van der Waals surface area contributed by atoms with Gasteiger partial charge >= 0.3 is 0 Å². The number of carbonyl (C=O) groups excluding carboxylic acids is 2. The Morgan fingerprint density at radius 1 is 1.08 bits per heavy atom. The molecule has 0 radical (unpaired) electrons. The number of phenolic OH excluding ortho intramolecular Hbond substituents is 1. The lowest BCUT2D eigenvalue weighted by atomic mass is 9.64. The Kier molecular flexibility index (Phi) is 8.19. The second-order valence-corrected chi connectivity index (χ2v) is 14.7. The average molecular weight is 716 g/mol. The van der Waals surface area contributed by atoms with Crippen LogP contribution >= 0.6 is 11.3 Å². The van der Waals surface area contributed by atoms with E-state index in [-0.39, 0.29) is 53.8 Å². The Morgan fingerprint density at radius 3 is 2.53 bits per heavy atom. The van der Waals surface area contributed by atoms with Gasteiger partial charge < -0.3 is 33.9 Å². The topological polar surface area (TPSA) is 156 Å². The fourth-order valence-electron chi connectivity index (χ4n) is 7.99. The van der Waals surface area contributed by atoms with Crippen LogP contribution < -0.4 is 20.4 Å². The van der Waals surface area contributed by atoms with Gasteiger partial charge in [-0.2, -0.15) is 0 Å². The summed E-state index contributed by atoms with van der Waals surface area (Å²) in [7, 11) is 1.53. The van der Waals surface area contributed by atoms with Gasteiger partial charge in [0.05, 0.1) is 7.11 Å². The van der Waals surface area contributed by atoms with Crippen LogP contribution in [-0.4, -0.2) is 85.8 Å². The highest BCUT2D eigenvalue weighted by molar-refractivity contribution is 7.21. The number of hydrogen-bond donors (Lipinski definition) is 2. The van der Waals surface area contributed by atoms with Crippen molar-refractivity contribution in [1.82, 2.24) is 29.7 Å². The monoisotopic (exact) mass is 715 g/mol. The summed E-state index contributed by atoms with van der Waals surface area (Å²) in [5.74, 6) is -0.368. The highest BCUT2D eigenvalue weighted by Gasteiger charge is 2.49. The van der Waals surface area contributed by atoms with E-state index >= 15 is 0 Å². The number of methoxy groups -OCH3 is 1. The molecule has 266 valence electrons. The number of amides is 2. The van der Waals surface area contributed by atoms with Gasteiger partial charge in [0, 0.05) is 55.2 Å². The van der Waals surface area contributed by atoms with Gasteiger partial charge in [0.15, 0.2) is 17.6 Å². The SMILES string of the molecule is CCc1c(N2CCN(C(=O)c3c(O)ccc4ncoc34)CC2)c(=O)c2sc(-c3ccnc(OC)c3)nc2n1CC(=O)NC12CCC(F)(CC1)CC2. The summed E-state index contributed by atoms with van der Waals surface area (Å²) >= 11 is 1.25. The van der Waals surface area contributed by atoms with E-state index in [0.717, 1.165) is 5.56 Å². The van der Waals surface area contributed by atoms with Crippen LogP contribution in [0.15, 0.2) is 46.1 Å². The Bertz CT molecular complexity index is 2220. The molecule has 0 unspecified atom stereocenters. The van der Waals surface area contributed by atoms with E-state index in [9.17, 15) is 23.9 Å². The number of benzene rings is 1. The normalized spacial score (nSPS) is 21.8. The highest BCUT2D eigenvalue weighted by atomic mass is 32.1. The predicted molar refractivity (Wildman–Crippen MR) is 189 cm³/mol. The summed E-state index contributed by atoms with van der Waals surface area (Å²) in [6.07, 6.45) is 6.48. The predicted octanol–water partition coefficient (Wildman–Crippen LogP) is 4.83. The van der Waals surface area contributed by atoms with Crippen molar-refractivity contribution in [1.29, 1.82) is 0 Å². The van der Waals surface area contributed by atoms with Crippen molar-refractivity contribution >= 4 is 50.3 Å². The zero-order valence-electron chi connectivity index (χ0n) is 28.4. The van der Waals surface area contributed by atoms with Crippen molar-refractivity contribution in [2.75, 3.05) is 38.2 Å². The van der Waals surface area contributed by atoms with Crippen LogP contribution in [0.3, 0.4) is 0 Å². The first-order valence-electron chi connectivity index (χ1n) is 17.3. The Hall–Kier alpha value is -5.05. The number of carbonyl (C=O) groups is 2. The fourth-order valence-corrected chi connectivity index (χ4v) is 9.00. The first-order chi connectivity index (χ1) is 24.6. The lowest BCUT2D eigenvalue weighted by molar-refractivity contribution is -0.126. The van der Waals surface area contributed by atoms with E-state index in [4.69, 9.17) is 14.1 Å². The molecule has 5 aromatic rings. The second-order valence-electron chi connectivity index (χ2n) is 13.7. The molecule has 0 atom stereocenters. The Balaban J connectivity index is 1.14. The average Bonchev–Trinajstić information content (AvgIpc) is 3.82. The number of halogens is 1. The number of oxazole rings is 1. The number of nitrogens with one attached hydrogen (secondary N) is 1. The van der Waals surface area contributed by atoms with Crippen molar-refractivity contribution < 1.29 is 28.2 Å². The number of ether oxygens (including phenoxy) is 1. The summed E-state index contributed by atoms with van der Waals surface area (Å²) in [5.41, 5.74) is 1.31. The van der Waals surface area contributed by atoms with Crippen molar-refractivity contribution in [3.8, 4) is 22.2 Å². The molecule has 9 rings (SSSR count). The van der Waals surface area contributed by atoms with Gasteiger partial charge in [0.25, 0.3) is 5.91 Å². The van der Waals surface area contributed by atoms with E-state index in [1.165, 1.54) is 30.9 Å². The molecule has 4 aromatic heterocycles. The fraction of sp³-hybridized carbons (Fsp3) is 0.444. The lowest BCUT2D eigenvalue weighted by Gasteiger charge is -2.50. The minimum atomic E-state index is -1.12. The standard InChI is InChI=1S/C36H38FN7O6S/c1-3-23-28(42-14-16-43(17-15-42)34(48)27-24(45)5-4-22-30(27)50-20-39-22)29(47)31-32(40-33(51-31)21-6-13-38-26(18-21)49-2)44(23)19-25(46)41-36-10-7-35(37,8-11-36)9-12-36/h4-6,13,18,20,45H,3,7-12,14-17,19H2,1-2H3,(H,41,46). The number of alkyl halides is 1. The summed E-state index contributed by atoms with van der Waals surface area (Å²) in [4.78, 5) is 58.9. The number of pyridine rings is 2. The molecule has 2 amide bonds. The molecule has 4 aliphatic rings. The number of thiazole rings is 1. The van der Waals surface area contributed by atoms with E-state index < -0.39 is 11.2 Å². The molecule has 51 heavy (non-hydrogen) atoms. The molecule has 1 aliphatic heterocycles.